The molecule has 0 aliphatic carbocycles. The summed E-state index contributed by atoms with van der Waals surface area (Å²) in [5.41, 5.74) is 2.70. The third-order valence-electron chi connectivity index (χ3n) is 2.86. The molecular formula is C16H18N2. The minimum absolute atomic E-state index is 1.09. The van der Waals surface area contributed by atoms with E-state index in [9.17, 15) is 0 Å². The summed E-state index contributed by atoms with van der Waals surface area (Å²) in [4.78, 5) is 8.03. The first-order valence-corrected chi connectivity index (χ1v) is 6.38. The Kier molecular flexibility index (Phi) is 5.12. The molecule has 0 spiro atoms. The van der Waals surface area contributed by atoms with Crippen LogP contribution in [-0.2, 0) is 12.8 Å². The third-order valence-corrected chi connectivity index (χ3v) is 2.86. The number of rotatable bonds is 6. The van der Waals surface area contributed by atoms with Crippen LogP contribution in [0.2, 0.25) is 0 Å². The molecule has 2 heteroatoms. The van der Waals surface area contributed by atoms with Crippen LogP contribution < -0.4 is 0 Å². The van der Waals surface area contributed by atoms with E-state index in [1.54, 1.807) is 0 Å². The van der Waals surface area contributed by atoms with E-state index in [1.165, 1.54) is 11.1 Å². The van der Waals surface area contributed by atoms with Gasteiger partial charge in [0.15, 0.2) is 0 Å². The van der Waals surface area contributed by atoms with E-state index in [4.69, 9.17) is 0 Å². The van der Waals surface area contributed by atoms with Crippen molar-refractivity contribution in [1.82, 2.24) is 9.97 Å². The zero-order chi connectivity index (χ0) is 12.5. The number of pyridine rings is 2. The van der Waals surface area contributed by atoms with Crippen molar-refractivity contribution in [1.29, 1.82) is 0 Å². The molecule has 92 valence electrons. The average Bonchev–Trinajstić information content (AvgIpc) is 2.45. The normalized spacial score (nSPS) is 10.9. The van der Waals surface area contributed by atoms with Gasteiger partial charge in [0.2, 0.25) is 0 Å². The molecule has 0 radical (unpaired) electrons. The van der Waals surface area contributed by atoms with E-state index in [2.05, 4.69) is 46.4 Å². The summed E-state index contributed by atoms with van der Waals surface area (Å²) < 4.78 is 0. The van der Waals surface area contributed by atoms with Crippen molar-refractivity contribution in [2.45, 2.75) is 25.7 Å². The topological polar surface area (TPSA) is 25.8 Å². The van der Waals surface area contributed by atoms with Crippen LogP contribution in [0.3, 0.4) is 0 Å². The summed E-state index contributed by atoms with van der Waals surface area (Å²) in [5.74, 6) is 0. The highest BCUT2D eigenvalue weighted by molar-refractivity contribution is 5.12. The molecule has 2 aromatic rings. The van der Waals surface area contributed by atoms with Crippen LogP contribution in [0.5, 0.6) is 0 Å². The van der Waals surface area contributed by atoms with Gasteiger partial charge >= 0.3 is 0 Å². The zero-order valence-electron chi connectivity index (χ0n) is 10.5. The molecule has 0 aromatic carbocycles. The molecule has 18 heavy (non-hydrogen) atoms. The molecule has 0 atom stereocenters. The third kappa shape index (κ3) is 4.50. The van der Waals surface area contributed by atoms with Crippen LogP contribution in [-0.4, -0.2) is 9.97 Å². The second-order valence-electron chi connectivity index (χ2n) is 4.26. The van der Waals surface area contributed by atoms with Crippen molar-refractivity contribution in [3.63, 3.8) is 0 Å². The number of hydrogen-bond donors (Lipinski definition) is 0. The van der Waals surface area contributed by atoms with Gasteiger partial charge in [-0.25, -0.2) is 0 Å². The van der Waals surface area contributed by atoms with Crippen LogP contribution in [0.4, 0.5) is 0 Å². The van der Waals surface area contributed by atoms with E-state index >= 15 is 0 Å². The Hall–Kier alpha value is -1.96. The summed E-state index contributed by atoms with van der Waals surface area (Å²) in [5, 5.41) is 0. The largest absolute Gasteiger partial charge is 0.265 e. The van der Waals surface area contributed by atoms with Gasteiger partial charge in [0, 0.05) is 24.8 Å². The van der Waals surface area contributed by atoms with Gasteiger partial charge in [-0.2, -0.15) is 0 Å². The molecule has 0 unspecified atom stereocenters. The number of allylic oxidation sites excluding steroid dienone is 2. The zero-order valence-corrected chi connectivity index (χ0v) is 10.5. The second kappa shape index (κ2) is 7.38. The Labute approximate surface area is 108 Å². The smallest absolute Gasteiger partial charge is 0.0270 e. The Morgan fingerprint density at radius 3 is 1.44 bits per heavy atom. The van der Waals surface area contributed by atoms with Gasteiger partial charge in [-0.1, -0.05) is 12.2 Å². The van der Waals surface area contributed by atoms with Crippen molar-refractivity contribution in [2.24, 2.45) is 0 Å². The molecule has 2 aromatic heterocycles. The first kappa shape index (κ1) is 12.5. The summed E-state index contributed by atoms with van der Waals surface area (Å²) in [6, 6.07) is 8.30. The van der Waals surface area contributed by atoms with Crippen molar-refractivity contribution in [3.05, 3.63) is 72.3 Å². The highest BCUT2D eigenvalue weighted by Gasteiger charge is 1.90. The minimum Gasteiger partial charge on any atom is -0.265 e. The maximum absolute atomic E-state index is 4.01. The van der Waals surface area contributed by atoms with E-state index in [1.807, 2.05) is 24.8 Å². The molecule has 0 aliphatic heterocycles. The van der Waals surface area contributed by atoms with Crippen molar-refractivity contribution >= 4 is 0 Å². The molecule has 0 bridgehead atoms. The predicted octanol–water partition coefficient (Wildman–Crippen LogP) is 3.60. The monoisotopic (exact) mass is 238 g/mol. The van der Waals surface area contributed by atoms with E-state index in [0.29, 0.717) is 0 Å². The lowest BCUT2D eigenvalue weighted by Crippen LogP contribution is -1.84. The van der Waals surface area contributed by atoms with Gasteiger partial charge in [-0.3, -0.25) is 9.97 Å². The molecule has 2 nitrogen and oxygen atoms in total. The molecule has 0 saturated carbocycles. The average molecular weight is 238 g/mol. The van der Waals surface area contributed by atoms with Crippen LogP contribution in [0, 0.1) is 0 Å². The fraction of sp³-hybridized carbons (Fsp3) is 0.250. The minimum atomic E-state index is 1.09. The predicted molar refractivity (Wildman–Crippen MR) is 74.3 cm³/mol. The van der Waals surface area contributed by atoms with Crippen molar-refractivity contribution in [2.75, 3.05) is 0 Å². The number of aromatic nitrogens is 2. The maximum atomic E-state index is 4.01. The highest BCUT2D eigenvalue weighted by Crippen LogP contribution is 2.04. The van der Waals surface area contributed by atoms with E-state index in [0.717, 1.165) is 25.7 Å². The molecule has 0 amide bonds. The lowest BCUT2D eigenvalue weighted by atomic mass is 10.1. The quantitative estimate of drug-likeness (QED) is 0.719. The molecule has 2 rings (SSSR count). The number of aryl methyl sites for hydroxylation is 2. The van der Waals surface area contributed by atoms with Crippen molar-refractivity contribution in [3.8, 4) is 0 Å². The Morgan fingerprint density at radius 2 is 1.06 bits per heavy atom. The molecule has 2 heterocycles. The van der Waals surface area contributed by atoms with Gasteiger partial charge in [-0.05, 0) is 61.1 Å². The molecule has 0 fully saturated rings. The first-order valence-electron chi connectivity index (χ1n) is 6.38. The summed E-state index contributed by atoms with van der Waals surface area (Å²) in [6.07, 6.45) is 16.3. The molecular weight excluding hydrogens is 220 g/mol. The highest BCUT2D eigenvalue weighted by atomic mass is 14.6. The summed E-state index contributed by atoms with van der Waals surface area (Å²) in [6.45, 7) is 0. The van der Waals surface area contributed by atoms with E-state index in [-0.39, 0.29) is 0 Å². The SMILES string of the molecule is C(=C\CCc1ccncc1)/CCc1ccncc1. The van der Waals surface area contributed by atoms with Crippen LogP contribution in [0.25, 0.3) is 0 Å². The summed E-state index contributed by atoms with van der Waals surface area (Å²) in [7, 11) is 0. The Morgan fingerprint density at radius 1 is 0.667 bits per heavy atom. The fourth-order valence-corrected chi connectivity index (χ4v) is 1.83. The van der Waals surface area contributed by atoms with Gasteiger partial charge in [0.05, 0.1) is 0 Å². The van der Waals surface area contributed by atoms with Gasteiger partial charge in [-0.15, -0.1) is 0 Å². The Bertz CT molecular complexity index is 417. The standard InChI is InChI=1S/C16H18N2/c1(3-5-15-7-11-17-12-8-15)2-4-6-16-9-13-18-14-10-16/h1-2,7-14H,3-6H2/b2-1+. The van der Waals surface area contributed by atoms with Crippen LogP contribution in [0.1, 0.15) is 24.0 Å². The van der Waals surface area contributed by atoms with Gasteiger partial charge in [0.1, 0.15) is 0 Å². The Balaban J connectivity index is 1.64. The lowest BCUT2D eigenvalue weighted by Gasteiger charge is -1.97. The fourth-order valence-electron chi connectivity index (χ4n) is 1.83. The van der Waals surface area contributed by atoms with Gasteiger partial charge in [0.25, 0.3) is 0 Å². The van der Waals surface area contributed by atoms with Crippen molar-refractivity contribution < 1.29 is 0 Å². The molecule has 0 saturated heterocycles. The number of hydrogen-bond acceptors (Lipinski definition) is 2. The maximum Gasteiger partial charge on any atom is 0.0270 e. The number of nitrogens with zero attached hydrogens (tertiary/aromatic N) is 2. The molecule has 0 N–H and O–H groups in total. The lowest BCUT2D eigenvalue weighted by molar-refractivity contribution is 0.956. The van der Waals surface area contributed by atoms with Crippen LogP contribution >= 0.6 is 0 Å². The summed E-state index contributed by atoms with van der Waals surface area (Å²) >= 11 is 0. The molecule has 0 aliphatic rings. The van der Waals surface area contributed by atoms with E-state index < -0.39 is 0 Å². The second-order valence-corrected chi connectivity index (χ2v) is 4.26. The van der Waals surface area contributed by atoms with Crippen LogP contribution in [0.15, 0.2) is 61.2 Å². The van der Waals surface area contributed by atoms with Gasteiger partial charge < -0.3 is 0 Å². The first-order chi connectivity index (χ1) is 8.95.